The van der Waals surface area contributed by atoms with Gasteiger partial charge in [0.2, 0.25) is 10.0 Å². The predicted octanol–water partition coefficient (Wildman–Crippen LogP) is 6.05. The normalized spacial score (nSPS) is 14.0. The number of amides is 1. The topological polar surface area (TPSA) is 115 Å². The average Bonchev–Trinajstić information content (AvgIpc) is 3.77. The summed E-state index contributed by atoms with van der Waals surface area (Å²) in [4.78, 5) is 31.8. The smallest absolute Gasteiger partial charge is 0.261 e. The van der Waals surface area contributed by atoms with E-state index in [9.17, 15) is 26.8 Å². The third kappa shape index (κ3) is 5.05. The quantitative estimate of drug-likeness (QED) is 0.224. The number of nitrogens with zero attached hydrogens (tertiary/aromatic N) is 3. The van der Waals surface area contributed by atoms with Crippen LogP contribution in [0.15, 0.2) is 94.4 Å². The molecule has 1 fully saturated rings. The predicted molar refractivity (Wildman–Crippen MR) is 176 cm³/mol. The zero-order valence-electron chi connectivity index (χ0n) is 25.5. The lowest BCUT2D eigenvalue weighted by Crippen LogP contribution is -2.31. The highest BCUT2D eigenvalue weighted by Gasteiger charge is 2.47. The number of halogens is 2. The Bertz CT molecular complexity index is 2400. The summed E-state index contributed by atoms with van der Waals surface area (Å²) in [5.41, 5.74) is 2.34. The van der Waals surface area contributed by atoms with Crippen molar-refractivity contribution in [3.63, 3.8) is 0 Å². The molecule has 7 rings (SSSR count). The standard InChI is InChI=1S/C35H28F2N4O5S/c1-38-33(42)31-27-17-25(29(40(2)47(3,44)45)18-30(27)46-32(31)20-4-9-23(36)10-5-20)21-6-13-28-26(16-21)34(43)41(19-39-28)35(14-15-35)22-7-11-24(37)12-8-22/h4-13,16-19H,14-15H2,1-3H3,(H,38,42). The Kier molecular flexibility index (Phi) is 7.01. The van der Waals surface area contributed by atoms with Gasteiger partial charge >= 0.3 is 0 Å². The van der Waals surface area contributed by atoms with Gasteiger partial charge in [-0.3, -0.25) is 18.5 Å². The van der Waals surface area contributed by atoms with E-state index in [1.54, 1.807) is 41.0 Å². The van der Waals surface area contributed by atoms with Crippen LogP contribution in [0, 0.1) is 11.6 Å². The molecule has 4 aromatic carbocycles. The fourth-order valence-corrected chi connectivity index (χ4v) is 6.61. The second-order valence-corrected chi connectivity index (χ2v) is 13.7. The van der Waals surface area contributed by atoms with Gasteiger partial charge in [-0.15, -0.1) is 0 Å². The van der Waals surface area contributed by atoms with Gasteiger partial charge in [-0.1, -0.05) is 18.2 Å². The van der Waals surface area contributed by atoms with Crippen LogP contribution in [0.1, 0.15) is 28.8 Å². The number of sulfonamides is 1. The van der Waals surface area contributed by atoms with E-state index >= 15 is 0 Å². The maximum absolute atomic E-state index is 14.0. The fourth-order valence-electron chi connectivity index (χ4n) is 6.10. The first-order valence-electron chi connectivity index (χ1n) is 14.7. The monoisotopic (exact) mass is 654 g/mol. The maximum atomic E-state index is 14.0. The number of carbonyl (C=O) groups excluding carboxylic acids is 1. The molecule has 0 spiro atoms. The van der Waals surface area contributed by atoms with Crippen molar-refractivity contribution >= 4 is 43.5 Å². The van der Waals surface area contributed by atoms with Crippen molar-refractivity contribution in [1.29, 1.82) is 0 Å². The summed E-state index contributed by atoms with van der Waals surface area (Å²) >= 11 is 0. The van der Waals surface area contributed by atoms with Gasteiger partial charge in [-0.2, -0.15) is 0 Å². The summed E-state index contributed by atoms with van der Waals surface area (Å²) < 4.78 is 61.9. The molecule has 0 saturated heterocycles. The number of carbonyl (C=O) groups is 1. The highest BCUT2D eigenvalue weighted by Crippen LogP contribution is 2.48. The Balaban J connectivity index is 1.46. The number of hydrogen-bond acceptors (Lipinski definition) is 6. The molecule has 1 amide bonds. The molecule has 1 N–H and O–H groups in total. The molecule has 0 unspecified atom stereocenters. The molecule has 2 aromatic heterocycles. The largest absolute Gasteiger partial charge is 0.455 e. The molecule has 1 aliphatic carbocycles. The molecule has 0 radical (unpaired) electrons. The van der Waals surface area contributed by atoms with Gasteiger partial charge in [0.05, 0.1) is 40.3 Å². The summed E-state index contributed by atoms with van der Waals surface area (Å²) in [7, 11) is -0.897. The van der Waals surface area contributed by atoms with Crippen LogP contribution in [-0.4, -0.2) is 44.2 Å². The van der Waals surface area contributed by atoms with E-state index in [1.165, 1.54) is 62.9 Å². The van der Waals surface area contributed by atoms with E-state index in [0.29, 0.717) is 45.8 Å². The van der Waals surface area contributed by atoms with Gasteiger partial charge < -0.3 is 9.73 Å². The molecule has 47 heavy (non-hydrogen) atoms. The van der Waals surface area contributed by atoms with Crippen LogP contribution < -0.4 is 15.2 Å². The minimum Gasteiger partial charge on any atom is -0.455 e. The number of anilines is 1. The molecule has 0 bridgehead atoms. The number of hydrogen-bond donors (Lipinski definition) is 1. The van der Waals surface area contributed by atoms with Crippen LogP contribution in [0.25, 0.3) is 44.3 Å². The van der Waals surface area contributed by atoms with Crippen molar-refractivity contribution < 1.29 is 26.4 Å². The third-order valence-electron chi connectivity index (χ3n) is 8.84. The zero-order chi connectivity index (χ0) is 33.2. The molecule has 0 aliphatic heterocycles. The molecule has 12 heteroatoms. The second-order valence-electron chi connectivity index (χ2n) is 11.7. The van der Waals surface area contributed by atoms with Gasteiger partial charge in [0.15, 0.2) is 0 Å². The van der Waals surface area contributed by atoms with Crippen LogP contribution in [0.3, 0.4) is 0 Å². The van der Waals surface area contributed by atoms with Crippen molar-refractivity contribution in [1.82, 2.24) is 14.9 Å². The Morgan fingerprint density at radius 2 is 1.57 bits per heavy atom. The second kappa shape index (κ2) is 10.9. The number of rotatable bonds is 7. The minimum atomic E-state index is -3.77. The SMILES string of the molecule is CNC(=O)c1c(-c2ccc(F)cc2)oc2cc(N(C)S(C)(=O)=O)c(-c3ccc4ncn(C5(c6ccc(F)cc6)CC5)c(=O)c4c3)cc12. The van der Waals surface area contributed by atoms with Gasteiger partial charge in [0, 0.05) is 36.7 Å². The van der Waals surface area contributed by atoms with Crippen molar-refractivity contribution in [2.45, 2.75) is 18.4 Å². The van der Waals surface area contributed by atoms with Gasteiger partial charge in [0.1, 0.15) is 23.0 Å². The molecule has 9 nitrogen and oxygen atoms in total. The van der Waals surface area contributed by atoms with E-state index in [4.69, 9.17) is 4.42 Å². The summed E-state index contributed by atoms with van der Waals surface area (Å²) in [5, 5.41) is 3.32. The number of nitrogens with one attached hydrogen (secondary N) is 1. The van der Waals surface area contributed by atoms with Crippen molar-refractivity contribution in [2.75, 3.05) is 24.7 Å². The first-order valence-corrected chi connectivity index (χ1v) is 16.6. The van der Waals surface area contributed by atoms with Crippen molar-refractivity contribution in [2.24, 2.45) is 0 Å². The zero-order valence-corrected chi connectivity index (χ0v) is 26.4. The Morgan fingerprint density at radius 3 is 2.19 bits per heavy atom. The number of furan rings is 1. The van der Waals surface area contributed by atoms with Crippen LogP contribution >= 0.6 is 0 Å². The van der Waals surface area contributed by atoms with Crippen molar-refractivity contribution in [3.05, 3.63) is 118 Å². The Labute approximate surface area is 268 Å². The lowest BCUT2D eigenvalue weighted by atomic mass is 9.97. The van der Waals surface area contributed by atoms with E-state index < -0.39 is 27.3 Å². The van der Waals surface area contributed by atoms with Crippen LogP contribution in [0.5, 0.6) is 0 Å². The van der Waals surface area contributed by atoms with Crippen LogP contribution in [0.2, 0.25) is 0 Å². The molecule has 1 saturated carbocycles. The van der Waals surface area contributed by atoms with E-state index in [2.05, 4.69) is 10.3 Å². The minimum absolute atomic E-state index is 0.184. The average molecular weight is 655 g/mol. The molecular formula is C35H28F2N4O5S. The molecule has 1 aliphatic rings. The first kappa shape index (κ1) is 30.3. The molecule has 2 heterocycles. The maximum Gasteiger partial charge on any atom is 0.261 e. The summed E-state index contributed by atoms with van der Waals surface area (Å²) in [6, 6.07) is 19.8. The van der Waals surface area contributed by atoms with E-state index in [-0.39, 0.29) is 34.0 Å². The first-order chi connectivity index (χ1) is 22.4. The molecule has 6 aromatic rings. The molecule has 238 valence electrons. The highest BCUT2D eigenvalue weighted by atomic mass is 32.2. The lowest BCUT2D eigenvalue weighted by molar-refractivity contribution is 0.0964. The van der Waals surface area contributed by atoms with Gasteiger partial charge in [-0.05, 0) is 78.6 Å². The summed E-state index contributed by atoms with van der Waals surface area (Å²) in [5.74, 6) is -1.10. The van der Waals surface area contributed by atoms with E-state index in [0.717, 1.165) is 16.1 Å². The number of benzene rings is 4. The number of aromatic nitrogens is 2. The van der Waals surface area contributed by atoms with Crippen LogP contribution in [-0.2, 0) is 15.6 Å². The molecular weight excluding hydrogens is 626 g/mol. The Hall–Kier alpha value is -5.36. The Morgan fingerprint density at radius 1 is 0.936 bits per heavy atom. The molecule has 0 atom stereocenters. The summed E-state index contributed by atoms with van der Waals surface area (Å²) in [6.45, 7) is 0. The highest BCUT2D eigenvalue weighted by molar-refractivity contribution is 7.92. The fraction of sp³-hybridized carbons (Fsp3) is 0.171. The van der Waals surface area contributed by atoms with Crippen molar-refractivity contribution in [3.8, 4) is 22.5 Å². The van der Waals surface area contributed by atoms with Gasteiger partial charge in [-0.25, -0.2) is 22.2 Å². The van der Waals surface area contributed by atoms with Gasteiger partial charge in [0.25, 0.3) is 11.5 Å². The van der Waals surface area contributed by atoms with Crippen LogP contribution in [0.4, 0.5) is 14.5 Å². The van der Waals surface area contributed by atoms with E-state index in [1.807, 2.05) is 0 Å². The number of fused-ring (bicyclic) bond motifs is 2. The lowest BCUT2D eigenvalue weighted by Gasteiger charge is -2.21. The summed E-state index contributed by atoms with van der Waals surface area (Å²) in [6.07, 6.45) is 3.94. The third-order valence-corrected chi connectivity index (χ3v) is 10.0.